The first-order chi connectivity index (χ1) is 19.4. The number of amides is 1. The number of rotatable bonds is 10. The first kappa shape index (κ1) is 27.6. The number of ketones is 1. The van der Waals surface area contributed by atoms with Gasteiger partial charge in [0, 0.05) is 10.8 Å². The van der Waals surface area contributed by atoms with Gasteiger partial charge in [-0.05, 0) is 47.5 Å². The number of hydrogen-bond acceptors (Lipinski definition) is 11. The van der Waals surface area contributed by atoms with E-state index in [9.17, 15) is 14.7 Å². The smallest absolute Gasteiger partial charge is 0.296 e. The topological polar surface area (TPSA) is 124 Å². The number of hydrogen-bond donors (Lipinski definition) is 1. The minimum Gasteiger partial charge on any atom is -0.503 e. The van der Waals surface area contributed by atoms with Crippen LogP contribution in [0.2, 0.25) is 5.02 Å². The van der Waals surface area contributed by atoms with Crippen molar-refractivity contribution in [1.29, 1.82) is 0 Å². The fraction of sp³-hybridized carbons (Fsp3) is 0.185. The molecule has 0 spiro atoms. The zero-order valence-corrected chi connectivity index (χ0v) is 23.8. The number of aliphatic hydroxyl groups excluding tert-OH is 1. The molecule has 0 saturated heterocycles. The van der Waals surface area contributed by atoms with Gasteiger partial charge in [-0.15, -0.1) is 10.2 Å². The molecule has 0 radical (unpaired) electrons. The first-order valence-corrected chi connectivity index (χ1v) is 13.9. The van der Waals surface area contributed by atoms with E-state index in [0.29, 0.717) is 37.9 Å². The molecule has 1 amide bonds. The average Bonchev–Trinajstić information content (AvgIpc) is 3.72. The summed E-state index contributed by atoms with van der Waals surface area (Å²) in [4.78, 5) is 28.2. The highest BCUT2D eigenvalue weighted by atomic mass is 35.5. The molecule has 10 nitrogen and oxygen atoms in total. The van der Waals surface area contributed by atoms with Crippen LogP contribution < -0.4 is 19.1 Å². The van der Waals surface area contributed by atoms with Crippen LogP contribution in [-0.2, 0) is 10.5 Å². The van der Waals surface area contributed by atoms with Gasteiger partial charge in [0.05, 0.1) is 39.2 Å². The molecule has 1 unspecified atom stereocenters. The molecule has 0 aliphatic carbocycles. The van der Waals surface area contributed by atoms with Crippen LogP contribution in [0, 0.1) is 0 Å². The highest BCUT2D eigenvalue weighted by Gasteiger charge is 2.47. The van der Waals surface area contributed by atoms with E-state index < -0.39 is 23.5 Å². The summed E-state index contributed by atoms with van der Waals surface area (Å²) < 4.78 is 22.3. The largest absolute Gasteiger partial charge is 0.503 e. The zero-order chi connectivity index (χ0) is 28.4. The zero-order valence-electron chi connectivity index (χ0n) is 21.4. The normalized spacial score (nSPS) is 15.1. The predicted molar refractivity (Wildman–Crippen MR) is 150 cm³/mol. The van der Waals surface area contributed by atoms with Gasteiger partial charge in [-0.1, -0.05) is 46.8 Å². The van der Waals surface area contributed by atoms with Gasteiger partial charge in [0.2, 0.25) is 16.7 Å². The monoisotopic (exact) mass is 599 g/mol. The molecule has 5 rings (SSSR count). The maximum absolute atomic E-state index is 13.5. The number of benzene rings is 2. The van der Waals surface area contributed by atoms with Gasteiger partial charge in [-0.2, -0.15) is 0 Å². The number of nitrogens with zero attached hydrogens (tertiary/aromatic N) is 3. The molecule has 2 aromatic carbocycles. The van der Waals surface area contributed by atoms with Gasteiger partial charge in [-0.3, -0.25) is 14.5 Å². The Morgan fingerprint density at radius 3 is 2.40 bits per heavy atom. The summed E-state index contributed by atoms with van der Waals surface area (Å²) in [6, 6.07) is 12.6. The number of anilines is 1. The molecule has 2 aromatic heterocycles. The molecule has 206 valence electrons. The molecule has 3 heterocycles. The van der Waals surface area contributed by atoms with Crippen LogP contribution in [0.1, 0.15) is 27.7 Å². The summed E-state index contributed by atoms with van der Waals surface area (Å²) in [5, 5.41) is 20.3. The molecule has 40 heavy (non-hydrogen) atoms. The Bertz CT molecular complexity index is 1560. The second-order valence-corrected chi connectivity index (χ2v) is 11.0. The summed E-state index contributed by atoms with van der Waals surface area (Å²) >= 11 is 8.56. The number of aromatic nitrogens is 2. The molecule has 1 aliphatic heterocycles. The third-order valence-electron chi connectivity index (χ3n) is 6.08. The average molecular weight is 600 g/mol. The van der Waals surface area contributed by atoms with Crippen LogP contribution in [0.3, 0.4) is 0 Å². The van der Waals surface area contributed by atoms with Crippen LogP contribution in [0.25, 0.3) is 0 Å². The molecule has 13 heteroatoms. The fourth-order valence-corrected chi connectivity index (χ4v) is 6.18. The number of furan rings is 1. The van der Waals surface area contributed by atoms with E-state index in [1.165, 1.54) is 50.3 Å². The molecule has 4 aromatic rings. The van der Waals surface area contributed by atoms with Gasteiger partial charge in [0.25, 0.3) is 5.91 Å². The summed E-state index contributed by atoms with van der Waals surface area (Å²) in [5.74, 6) is -0.682. The van der Waals surface area contributed by atoms with E-state index in [0.717, 1.165) is 16.9 Å². The lowest BCUT2D eigenvalue weighted by molar-refractivity contribution is -0.117. The van der Waals surface area contributed by atoms with Crippen LogP contribution >= 0.6 is 34.7 Å². The molecular weight excluding hydrogens is 578 g/mol. The van der Waals surface area contributed by atoms with Crippen molar-refractivity contribution in [2.24, 2.45) is 0 Å². The first-order valence-electron chi connectivity index (χ1n) is 11.7. The van der Waals surface area contributed by atoms with Crippen molar-refractivity contribution >= 4 is 51.5 Å². The quantitative estimate of drug-likeness (QED) is 0.134. The molecule has 1 atom stereocenters. The molecular formula is C27H22ClN3O7S2. The number of Topliss-reactive ketones (excluding diaryl/α,β-unsaturated/α-hetero) is 1. The Labute approximate surface area is 242 Å². The van der Waals surface area contributed by atoms with Crippen LogP contribution in [0.15, 0.2) is 74.9 Å². The van der Waals surface area contributed by atoms with E-state index in [2.05, 4.69) is 10.2 Å². The molecule has 0 fully saturated rings. The Balaban J connectivity index is 1.56. The number of carbonyl (C=O) groups excluding carboxylic acids is 2. The standard InChI is InChI=1S/C27H22ClN3O7S2/c1-35-18-11-15(12-19(36-2)24(18)37-3)21-20(22(32)17-5-4-10-38-17)23(33)25(34)31(21)26-29-30-27(40-26)39-13-14-6-8-16(28)9-7-14/h4-12,21,33H,13H2,1-3H3. The Hall–Kier alpha value is -4.00. The SMILES string of the molecule is COc1cc(C2C(C(=O)c3ccco3)=C(O)C(=O)N2c2nnc(SCc3ccc(Cl)cc3)s2)cc(OC)c1OC. The van der Waals surface area contributed by atoms with Crippen molar-refractivity contribution in [1.82, 2.24) is 10.2 Å². The molecule has 0 bridgehead atoms. The second-order valence-electron chi connectivity index (χ2n) is 8.37. The van der Waals surface area contributed by atoms with E-state index in [-0.39, 0.29) is 16.5 Å². The Morgan fingerprint density at radius 2 is 1.80 bits per heavy atom. The highest BCUT2D eigenvalue weighted by molar-refractivity contribution is 8.00. The van der Waals surface area contributed by atoms with Crippen molar-refractivity contribution in [3.05, 3.63) is 88.0 Å². The number of ether oxygens (including phenoxy) is 3. The third kappa shape index (κ3) is 5.12. The summed E-state index contributed by atoms with van der Waals surface area (Å²) in [6.07, 6.45) is 1.34. The van der Waals surface area contributed by atoms with Gasteiger partial charge >= 0.3 is 0 Å². The van der Waals surface area contributed by atoms with E-state index in [1.807, 2.05) is 12.1 Å². The molecule has 1 N–H and O–H groups in total. The second kappa shape index (κ2) is 11.6. The minimum atomic E-state index is -1.10. The van der Waals surface area contributed by atoms with Crippen molar-refractivity contribution in [3.63, 3.8) is 0 Å². The van der Waals surface area contributed by atoms with Gasteiger partial charge in [-0.25, -0.2) is 0 Å². The van der Waals surface area contributed by atoms with Crippen LogP contribution in [-0.4, -0.2) is 48.3 Å². The van der Waals surface area contributed by atoms with Crippen molar-refractivity contribution in [2.45, 2.75) is 16.1 Å². The molecule has 1 aliphatic rings. The van der Waals surface area contributed by atoms with Gasteiger partial charge in [0.1, 0.15) is 0 Å². The van der Waals surface area contributed by atoms with E-state index in [1.54, 1.807) is 30.3 Å². The van der Waals surface area contributed by atoms with Gasteiger partial charge < -0.3 is 23.7 Å². The highest BCUT2D eigenvalue weighted by Crippen LogP contribution is 2.48. The number of carbonyl (C=O) groups is 2. The Morgan fingerprint density at radius 1 is 1.10 bits per heavy atom. The third-order valence-corrected chi connectivity index (χ3v) is 8.46. The Kier molecular flexibility index (Phi) is 8.01. The summed E-state index contributed by atoms with van der Waals surface area (Å²) in [5.41, 5.74) is 1.26. The number of aliphatic hydroxyl groups is 1. The lowest BCUT2D eigenvalue weighted by Gasteiger charge is -2.25. The van der Waals surface area contributed by atoms with Crippen LogP contribution in [0.5, 0.6) is 17.2 Å². The lowest BCUT2D eigenvalue weighted by Crippen LogP contribution is -2.31. The van der Waals surface area contributed by atoms with E-state index >= 15 is 0 Å². The van der Waals surface area contributed by atoms with Crippen molar-refractivity contribution in [3.8, 4) is 17.2 Å². The van der Waals surface area contributed by atoms with E-state index in [4.69, 9.17) is 30.2 Å². The minimum absolute atomic E-state index is 0.0369. The molecule has 0 saturated carbocycles. The maximum atomic E-state index is 13.5. The van der Waals surface area contributed by atoms with Crippen molar-refractivity contribution < 1.29 is 33.3 Å². The number of halogens is 1. The summed E-state index contributed by atoms with van der Waals surface area (Å²) in [7, 11) is 4.37. The predicted octanol–water partition coefficient (Wildman–Crippen LogP) is 5.89. The fourth-order valence-electron chi connectivity index (χ4n) is 4.23. The van der Waals surface area contributed by atoms with Gasteiger partial charge in [0.15, 0.2) is 27.4 Å². The maximum Gasteiger partial charge on any atom is 0.296 e. The van der Waals surface area contributed by atoms with Crippen molar-refractivity contribution in [2.75, 3.05) is 26.2 Å². The van der Waals surface area contributed by atoms with Crippen LogP contribution in [0.4, 0.5) is 5.13 Å². The number of thioether (sulfide) groups is 1. The lowest BCUT2D eigenvalue weighted by atomic mass is 9.94. The summed E-state index contributed by atoms with van der Waals surface area (Å²) in [6.45, 7) is 0. The number of methoxy groups -OCH3 is 3.